The van der Waals surface area contributed by atoms with E-state index >= 15 is 0 Å². The lowest BCUT2D eigenvalue weighted by Crippen LogP contribution is -2.45. The largest absolute Gasteiger partial charge is 0.480 e. The summed E-state index contributed by atoms with van der Waals surface area (Å²) in [6.07, 6.45) is 3.53. The number of aliphatic carboxylic acids is 1. The lowest BCUT2D eigenvalue weighted by atomic mass is 10.0. The Morgan fingerprint density at radius 1 is 1.05 bits per heavy atom. The number of thioether (sulfide) groups is 1. The second-order valence-electron chi connectivity index (χ2n) is 8.65. The molecule has 200 valence electrons. The van der Waals surface area contributed by atoms with Gasteiger partial charge in [0.15, 0.2) is 5.82 Å². The molecule has 2 heterocycles. The van der Waals surface area contributed by atoms with Crippen molar-refractivity contribution in [2.45, 2.75) is 12.5 Å². The number of hydrogen-bond donors (Lipinski definition) is 2. The quantitative estimate of drug-likeness (QED) is 0.134. The SMILES string of the molecule is O=C(O)[C@H](Cc1ccccc1)N1C(=O)/C(=C/c2ccc(/C=N/n3c(-c4ccccc4Br)n[nH]c3=S)cc2)SC1=S. The highest BCUT2D eigenvalue weighted by Gasteiger charge is 2.40. The number of aromatic amines is 1. The van der Waals surface area contributed by atoms with Crippen LogP contribution in [0.1, 0.15) is 16.7 Å². The molecule has 1 aliphatic rings. The second-order valence-corrected chi connectivity index (χ2v) is 11.6. The fraction of sp³-hybridized carbons (Fsp3) is 0.0714. The van der Waals surface area contributed by atoms with Crippen LogP contribution in [0.4, 0.5) is 0 Å². The van der Waals surface area contributed by atoms with Gasteiger partial charge in [-0.25, -0.2) is 9.89 Å². The van der Waals surface area contributed by atoms with Gasteiger partial charge in [0.25, 0.3) is 5.91 Å². The number of carboxylic acids is 1. The molecule has 40 heavy (non-hydrogen) atoms. The molecular weight excluding hydrogens is 630 g/mol. The summed E-state index contributed by atoms with van der Waals surface area (Å²) >= 11 is 15.4. The highest BCUT2D eigenvalue weighted by molar-refractivity contribution is 9.10. The van der Waals surface area contributed by atoms with E-state index in [0.29, 0.717) is 15.5 Å². The second kappa shape index (κ2) is 12.2. The van der Waals surface area contributed by atoms with Crippen molar-refractivity contribution in [1.29, 1.82) is 0 Å². The normalized spacial score (nSPS) is 15.3. The van der Waals surface area contributed by atoms with Gasteiger partial charge < -0.3 is 5.11 Å². The molecule has 0 spiro atoms. The van der Waals surface area contributed by atoms with Crippen molar-refractivity contribution in [3.63, 3.8) is 0 Å². The van der Waals surface area contributed by atoms with Gasteiger partial charge >= 0.3 is 5.97 Å². The number of hydrogen-bond acceptors (Lipinski definition) is 7. The van der Waals surface area contributed by atoms with Gasteiger partial charge in [-0.1, -0.05) is 107 Å². The monoisotopic (exact) mass is 649 g/mol. The van der Waals surface area contributed by atoms with Crippen molar-refractivity contribution < 1.29 is 14.7 Å². The molecule has 2 N–H and O–H groups in total. The lowest BCUT2D eigenvalue weighted by molar-refractivity contribution is -0.145. The number of benzene rings is 3. The third kappa shape index (κ3) is 6.04. The van der Waals surface area contributed by atoms with Gasteiger partial charge in [-0.3, -0.25) is 9.69 Å². The molecule has 1 amide bonds. The summed E-state index contributed by atoms with van der Waals surface area (Å²) in [5.74, 6) is -0.956. The maximum atomic E-state index is 13.2. The van der Waals surface area contributed by atoms with E-state index in [4.69, 9.17) is 24.4 Å². The summed E-state index contributed by atoms with van der Waals surface area (Å²) in [4.78, 5) is 26.8. The van der Waals surface area contributed by atoms with Gasteiger partial charge in [0, 0.05) is 16.5 Å². The minimum Gasteiger partial charge on any atom is -0.480 e. The number of carboxylic acid groups (broad SMARTS) is 1. The van der Waals surface area contributed by atoms with Crippen LogP contribution in [0.2, 0.25) is 0 Å². The van der Waals surface area contributed by atoms with E-state index in [1.165, 1.54) is 4.90 Å². The first kappa shape index (κ1) is 27.8. The molecule has 0 unspecified atom stereocenters. The Morgan fingerprint density at radius 2 is 1.73 bits per heavy atom. The summed E-state index contributed by atoms with van der Waals surface area (Å²) in [6, 6.07) is 23.1. The minimum atomic E-state index is -1.11. The number of amides is 1. The zero-order valence-corrected chi connectivity index (χ0v) is 24.6. The van der Waals surface area contributed by atoms with Crippen molar-refractivity contribution >= 4 is 80.6 Å². The molecule has 0 saturated carbocycles. The standard InChI is InChI=1S/C28H20BrN5O3S3/c29-21-9-5-4-8-20(21)24-31-32-27(38)34(24)30-16-19-12-10-18(11-13-19)15-23-25(35)33(28(39)40-23)22(26(36)37)14-17-6-2-1-3-7-17/h1-13,15-16,22H,14H2,(H,32,38)(H,36,37)/b23-15-,30-16+/t22-/m0/s1. The van der Waals surface area contributed by atoms with Gasteiger partial charge in [0.1, 0.15) is 10.4 Å². The topological polar surface area (TPSA) is 104 Å². The van der Waals surface area contributed by atoms with E-state index < -0.39 is 17.9 Å². The van der Waals surface area contributed by atoms with Crippen LogP contribution in [0.15, 0.2) is 93.3 Å². The van der Waals surface area contributed by atoms with Crippen molar-refractivity contribution in [2.75, 3.05) is 0 Å². The number of carbonyl (C=O) groups is 2. The van der Waals surface area contributed by atoms with E-state index in [9.17, 15) is 14.7 Å². The van der Waals surface area contributed by atoms with Gasteiger partial charge in [0.2, 0.25) is 4.77 Å². The highest BCUT2D eigenvalue weighted by Crippen LogP contribution is 2.35. The number of nitrogens with one attached hydrogen (secondary N) is 1. The summed E-state index contributed by atoms with van der Waals surface area (Å²) < 4.78 is 2.99. The first-order valence-corrected chi connectivity index (χ1v) is 14.3. The Balaban J connectivity index is 1.33. The van der Waals surface area contributed by atoms with E-state index in [0.717, 1.165) is 38.5 Å². The number of halogens is 1. The van der Waals surface area contributed by atoms with Gasteiger partial charge in [-0.15, -0.1) is 0 Å². The van der Waals surface area contributed by atoms with Crippen molar-refractivity contribution in [3.05, 3.63) is 110 Å². The first-order chi connectivity index (χ1) is 19.3. The van der Waals surface area contributed by atoms with Crippen molar-refractivity contribution in [3.8, 4) is 11.4 Å². The summed E-state index contributed by atoms with van der Waals surface area (Å²) in [5.41, 5.74) is 3.22. The zero-order valence-electron chi connectivity index (χ0n) is 20.6. The van der Waals surface area contributed by atoms with E-state index in [-0.39, 0.29) is 10.7 Å². The first-order valence-electron chi connectivity index (χ1n) is 11.9. The predicted octanol–water partition coefficient (Wildman–Crippen LogP) is 6.15. The van der Waals surface area contributed by atoms with Crippen LogP contribution in [0.3, 0.4) is 0 Å². The average molecular weight is 651 g/mol. The van der Waals surface area contributed by atoms with Crippen LogP contribution in [0.5, 0.6) is 0 Å². The van der Waals surface area contributed by atoms with Crippen molar-refractivity contribution in [2.24, 2.45) is 5.10 Å². The molecule has 4 aromatic rings. The molecule has 1 aromatic heterocycles. The molecule has 1 atom stereocenters. The Labute approximate surface area is 252 Å². The fourth-order valence-corrected chi connectivity index (χ4v) is 6.04. The molecule has 5 rings (SSSR count). The predicted molar refractivity (Wildman–Crippen MR) is 167 cm³/mol. The summed E-state index contributed by atoms with van der Waals surface area (Å²) in [6.45, 7) is 0. The van der Waals surface area contributed by atoms with E-state index in [1.807, 2.05) is 78.9 Å². The summed E-state index contributed by atoms with van der Waals surface area (Å²) in [5, 5.41) is 21.4. The minimum absolute atomic E-state index is 0.160. The zero-order chi connectivity index (χ0) is 28.2. The number of carbonyl (C=O) groups excluding carboxylic acids is 1. The Bertz CT molecular complexity index is 1710. The number of H-pyrrole nitrogens is 1. The third-order valence-corrected chi connectivity index (χ3v) is 8.30. The van der Waals surface area contributed by atoms with E-state index in [2.05, 4.69) is 31.2 Å². The van der Waals surface area contributed by atoms with Gasteiger partial charge in [-0.05, 0) is 47.1 Å². The lowest BCUT2D eigenvalue weighted by Gasteiger charge is -2.23. The van der Waals surface area contributed by atoms with Crippen LogP contribution < -0.4 is 0 Å². The molecule has 3 aromatic carbocycles. The van der Waals surface area contributed by atoms with Crippen LogP contribution in [-0.4, -0.2) is 53.3 Å². The Morgan fingerprint density at radius 3 is 2.42 bits per heavy atom. The van der Waals surface area contributed by atoms with Crippen LogP contribution in [-0.2, 0) is 16.0 Å². The molecule has 0 bridgehead atoms. The molecular formula is C28H20BrN5O3S3. The Kier molecular flexibility index (Phi) is 8.50. The van der Waals surface area contributed by atoms with Crippen LogP contribution in [0.25, 0.3) is 17.5 Å². The third-order valence-electron chi connectivity index (χ3n) is 6.01. The molecule has 12 heteroatoms. The maximum absolute atomic E-state index is 13.2. The number of aromatic nitrogens is 3. The molecule has 8 nitrogen and oxygen atoms in total. The smallest absolute Gasteiger partial charge is 0.327 e. The molecule has 1 saturated heterocycles. The Hall–Kier alpha value is -3.71. The van der Waals surface area contributed by atoms with Gasteiger partial charge in [0.05, 0.1) is 11.1 Å². The fourth-order valence-electron chi connectivity index (χ4n) is 4.04. The van der Waals surface area contributed by atoms with Crippen molar-refractivity contribution in [1.82, 2.24) is 19.8 Å². The van der Waals surface area contributed by atoms with Crippen LogP contribution in [0, 0.1) is 4.77 Å². The van der Waals surface area contributed by atoms with Gasteiger partial charge in [-0.2, -0.15) is 14.9 Å². The number of rotatable bonds is 8. The number of nitrogens with zero attached hydrogens (tertiary/aromatic N) is 4. The number of thiocarbonyl (C=S) groups is 1. The highest BCUT2D eigenvalue weighted by atomic mass is 79.9. The molecule has 0 radical (unpaired) electrons. The summed E-state index contributed by atoms with van der Waals surface area (Å²) in [7, 11) is 0. The average Bonchev–Trinajstić information content (AvgIpc) is 3.45. The molecule has 1 fully saturated rings. The maximum Gasteiger partial charge on any atom is 0.327 e. The molecule has 1 aliphatic heterocycles. The molecule has 0 aliphatic carbocycles. The van der Waals surface area contributed by atoms with E-state index in [1.54, 1.807) is 17.0 Å². The van der Waals surface area contributed by atoms with Crippen LogP contribution >= 0.6 is 52.1 Å².